The quantitative estimate of drug-likeness (QED) is 0.343. The lowest BCUT2D eigenvalue weighted by molar-refractivity contribution is 0.560. The Bertz CT molecular complexity index is 1340. The van der Waals surface area contributed by atoms with Crippen LogP contribution in [0.2, 0.25) is 5.02 Å². The maximum absolute atomic E-state index is 14.9. The summed E-state index contributed by atoms with van der Waals surface area (Å²) >= 11 is 5.92. The summed E-state index contributed by atoms with van der Waals surface area (Å²) in [6.45, 7) is 0. The van der Waals surface area contributed by atoms with Gasteiger partial charge in [-0.1, -0.05) is 84.4 Å². The number of rotatable bonds is 7. The van der Waals surface area contributed by atoms with Gasteiger partial charge in [-0.05, 0) is 42.0 Å². The molecule has 0 saturated carbocycles. The smallest absolute Gasteiger partial charge is 0.241 e. The van der Waals surface area contributed by atoms with Crippen molar-refractivity contribution < 1.29 is 17.4 Å². The second-order valence-electron chi connectivity index (χ2n) is 7.36. The molecule has 1 atom stereocenters. The van der Waals surface area contributed by atoms with Crippen LogP contribution in [0.4, 0.5) is 4.39 Å². The van der Waals surface area contributed by atoms with Crippen molar-refractivity contribution in [1.82, 2.24) is 4.72 Å². The van der Waals surface area contributed by atoms with E-state index in [2.05, 4.69) is 4.72 Å². The molecule has 0 heterocycles. The van der Waals surface area contributed by atoms with Crippen molar-refractivity contribution in [1.29, 1.82) is 0 Å². The van der Waals surface area contributed by atoms with Crippen molar-refractivity contribution in [3.8, 4) is 0 Å². The Kier molecular flexibility index (Phi) is 6.82. The first-order chi connectivity index (χ1) is 15.8. The summed E-state index contributed by atoms with van der Waals surface area (Å²) in [5.74, 6) is -1.66. The Morgan fingerprint density at radius 3 is 1.70 bits per heavy atom. The number of benzene rings is 4. The van der Waals surface area contributed by atoms with E-state index >= 15 is 0 Å². The third kappa shape index (κ3) is 4.94. The van der Waals surface area contributed by atoms with Crippen LogP contribution >= 0.6 is 18.7 Å². The average Bonchev–Trinajstić information content (AvgIpc) is 2.84. The fraction of sp³-hybridized carbons (Fsp3) is 0.0400. The van der Waals surface area contributed by atoms with Gasteiger partial charge in [0.05, 0.1) is 4.90 Å². The Morgan fingerprint density at radius 1 is 0.727 bits per heavy atom. The predicted octanol–water partition coefficient (Wildman–Crippen LogP) is 5.47. The molecule has 1 unspecified atom stereocenters. The molecule has 0 fully saturated rings. The third-order valence-corrected chi connectivity index (χ3v) is 10.4. The Labute approximate surface area is 197 Å². The van der Waals surface area contributed by atoms with E-state index in [4.69, 9.17) is 11.6 Å². The minimum Gasteiger partial charge on any atom is -0.312 e. The molecule has 0 aliphatic carbocycles. The lowest BCUT2D eigenvalue weighted by atomic mass is 10.2. The highest BCUT2D eigenvalue weighted by atomic mass is 35.5. The molecule has 0 amide bonds. The Balaban J connectivity index is 1.93. The van der Waals surface area contributed by atoms with E-state index in [9.17, 15) is 17.4 Å². The SMILES string of the molecule is O=P(c1ccccc1)(c1ccccc1)C(NS(=O)(=O)c1ccc(Cl)cc1)c1ccc(F)cc1. The zero-order chi connectivity index (χ0) is 23.5. The van der Waals surface area contributed by atoms with Crippen LogP contribution in [0.25, 0.3) is 0 Å². The zero-order valence-electron chi connectivity index (χ0n) is 17.3. The minimum atomic E-state index is -4.11. The van der Waals surface area contributed by atoms with Gasteiger partial charge in [-0.3, -0.25) is 0 Å². The van der Waals surface area contributed by atoms with E-state index in [0.717, 1.165) is 0 Å². The molecule has 4 aromatic rings. The van der Waals surface area contributed by atoms with E-state index in [0.29, 0.717) is 21.2 Å². The highest BCUT2D eigenvalue weighted by Crippen LogP contribution is 2.56. The van der Waals surface area contributed by atoms with E-state index in [-0.39, 0.29) is 4.90 Å². The molecule has 1 N–H and O–H groups in total. The number of halogens is 2. The molecule has 0 saturated heterocycles. The van der Waals surface area contributed by atoms with Crippen LogP contribution < -0.4 is 15.3 Å². The topological polar surface area (TPSA) is 63.2 Å². The predicted molar refractivity (Wildman–Crippen MR) is 131 cm³/mol. The second-order valence-corrected chi connectivity index (χ2v) is 12.4. The van der Waals surface area contributed by atoms with Gasteiger partial charge in [-0.25, -0.2) is 12.8 Å². The third-order valence-electron chi connectivity index (χ3n) is 5.22. The van der Waals surface area contributed by atoms with Crippen LogP contribution in [-0.4, -0.2) is 8.42 Å². The second kappa shape index (κ2) is 9.62. The number of nitrogens with one attached hydrogen (secondary N) is 1. The highest BCUT2D eigenvalue weighted by Gasteiger charge is 2.40. The number of hydrogen-bond acceptors (Lipinski definition) is 3. The first-order valence-electron chi connectivity index (χ1n) is 10.0. The summed E-state index contributed by atoms with van der Waals surface area (Å²) in [6, 6.07) is 28.5. The maximum Gasteiger partial charge on any atom is 0.241 e. The molecule has 0 aliphatic heterocycles. The molecular formula is C25H20ClFNO3PS. The summed E-state index contributed by atoms with van der Waals surface area (Å²) in [5.41, 5.74) is 0.380. The molecule has 0 aromatic heterocycles. The molecule has 4 rings (SSSR count). The van der Waals surface area contributed by atoms with Crippen molar-refractivity contribution in [2.24, 2.45) is 0 Å². The Morgan fingerprint density at radius 2 is 1.21 bits per heavy atom. The lowest BCUT2D eigenvalue weighted by Crippen LogP contribution is -2.34. The number of hydrogen-bond donors (Lipinski definition) is 1. The van der Waals surface area contributed by atoms with E-state index in [1.54, 1.807) is 60.7 Å². The van der Waals surface area contributed by atoms with Crippen LogP contribution in [0.3, 0.4) is 0 Å². The summed E-state index contributed by atoms with van der Waals surface area (Å²) in [4.78, 5) is -0.0216. The van der Waals surface area contributed by atoms with E-state index in [1.807, 2.05) is 0 Å². The Hall–Kier alpha value is -2.76. The summed E-state index contributed by atoms with van der Waals surface area (Å²) in [6.07, 6.45) is 0. The minimum absolute atomic E-state index is 0.0216. The summed E-state index contributed by atoms with van der Waals surface area (Å²) in [5, 5.41) is 1.34. The van der Waals surface area contributed by atoms with Gasteiger partial charge in [-0.2, -0.15) is 4.72 Å². The van der Waals surface area contributed by atoms with Crippen LogP contribution in [-0.2, 0) is 14.6 Å². The van der Waals surface area contributed by atoms with Crippen molar-refractivity contribution >= 4 is 39.4 Å². The molecule has 0 bridgehead atoms. The molecule has 4 aromatic carbocycles. The standard InChI is InChI=1S/C25H20ClFNO3PS/c26-20-13-17-24(18-14-20)33(30,31)28-25(19-11-15-21(27)16-12-19)32(29,22-7-3-1-4-8-22)23-9-5-2-6-10-23/h1-18,25,28H. The van der Waals surface area contributed by atoms with E-state index < -0.39 is 28.8 Å². The molecule has 8 heteroatoms. The fourth-order valence-electron chi connectivity index (χ4n) is 3.57. The van der Waals surface area contributed by atoms with Gasteiger partial charge in [0.15, 0.2) is 7.14 Å². The van der Waals surface area contributed by atoms with Crippen molar-refractivity contribution in [3.63, 3.8) is 0 Å². The molecule has 33 heavy (non-hydrogen) atoms. The van der Waals surface area contributed by atoms with Crippen molar-refractivity contribution in [3.05, 3.63) is 126 Å². The number of sulfonamides is 1. The first-order valence-corrected chi connectivity index (χ1v) is 13.7. The normalized spacial score (nSPS) is 12.9. The maximum atomic E-state index is 14.9. The van der Waals surface area contributed by atoms with Gasteiger partial charge < -0.3 is 4.57 Å². The molecular weight excluding hydrogens is 480 g/mol. The fourth-order valence-corrected chi connectivity index (χ4v) is 8.49. The van der Waals surface area contributed by atoms with Gasteiger partial charge in [0, 0.05) is 15.6 Å². The molecule has 0 spiro atoms. The van der Waals surface area contributed by atoms with Gasteiger partial charge in [0.2, 0.25) is 10.0 Å². The van der Waals surface area contributed by atoms with Crippen LogP contribution in [0.1, 0.15) is 11.3 Å². The molecule has 0 aliphatic rings. The monoisotopic (exact) mass is 499 g/mol. The van der Waals surface area contributed by atoms with Crippen LogP contribution in [0, 0.1) is 5.82 Å². The van der Waals surface area contributed by atoms with Crippen LogP contribution in [0.15, 0.2) is 114 Å². The first kappa shape index (κ1) is 23.4. The molecule has 168 valence electrons. The van der Waals surface area contributed by atoms with Crippen molar-refractivity contribution in [2.75, 3.05) is 0 Å². The van der Waals surface area contributed by atoms with Crippen LogP contribution in [0.5, 0.6) is 0 Å². The average molecular weight is 500 g/mol. The molecule has 0 radical (unpaired) electrons. The lowest BCUT2D eigenvalue weighted by Gasteiger charge is -2.30. The van der Waals surface area contributed by atoms with Gasteiger partial charge in [0.1, 0.15) is 11.6 Å². The van der Waals surface area contributed by atoms with Gasteiger partial charge >= 0.3 is 0 Å². The largest absolute Gasteiger partial charge is 0.312 e. The summed E-state index contributed by atoms with van der Waals surface area (Å²) in [7, 11) is -7.74. The molecule has 4 nitrogen and oxygen atoms in total. The van der Waals surface area contributed by atoms with Gasteiger partial charge in [0.25, 0.3) is 0 Å². The zero-order valence-corrected chi connectivity index (χ0v) is 19.8. The summed E-state index contributed by atoms with van der Waals surface area (Å²) < 4.78 is 58.0. The van der Waals surface area contributed by atoms with Crippen molar-refractivity contribution in [2.45, 2.75) is 10.7 Å². The van der Waals surface area contributed by atoms with E-state index in [1.165, 1.54) is 48.5 Å². The van der Waals surface area contributed by atoms with Gasteiger partial charge in [-0.15, -0.1) is 0 Å². The highest BCUT2D eigenvalue weighted by molar-refractivity contribution is 7.90.